The Labute approximate surface area is 122 Å². The van der Waals surface area contributed by atoms with Gasteiger partial charge in [0.1, 0.15) is 0 Å². The number of hydrogen-bond donors (Lipinski definition) is 0. The van der Waals surface area contributed by atoms with E-state index in [1.54, 1.807) is 31.3 Å². The molecular formula is C14H16ClN3O2. The number of halogens is 1. The van der Waals surface area contributed by atoms with E-state index in [2.05, 4.69) is 10.1 Å². The zero-order valence-corrected chi connectivity index (χ0v) is 12.4. The van der Waals surface area contributed by atoms with Crippen LogP contribution in [0.2, 0.25) is 5.02 Å². The molecule has 2 rings (SSSR count). The molecule has 0 saturated carbocycles. The molecule has 0 saturated heterocycles. The summed E-state index contributed by atoms with van der Waals surface area (Å²) in [5, 5.41) is 4.84. The normalized spacial score (nSPS) is 10.8. The second-order valence-corrected chi connectivity index (χ2v) is 4.96. The van der Waals surface area contributed by atoms with E-state index in [1.165, 1.54) is 4.68 Å². The van der Waals surface area contributed by atoms with Crippen LogP contribution in [0.25, 0.3) is 5.82 Å². The molecule has 0 fully saturated rings. The van der Waals surface area contributed by atoms with Crippen LogP contribution in [0.3, 0.4) is 0 Å². The smallest absolute Gasteiger partial charge is 0.357 e. The Morgan fingerprint density at radius 2 is 2.25 bits per heavy atom. The Balaban J connectivity index is 2.56. The van der Waals surface area contributed by atoms with Gasteiger partial charge in [0.25, 0.3) is 0 Å². The van der Waals surface area contributed by atoms with Crippen molar-refractivity contribution in [2.75, 3.05) is 6.61 Å². The van der Waals surface area contributed by atoms with Crippen LogP contribution in [0, 0.1) is 0 Å². The van der Waals surface area contributed by atoms with Gasteiger partial charge in [-0.15, -0.1) is 0 Å². The number of ether oxygens (including phenoxy) is 1. The van der Waals surface area contributed by atoms with Crippen LogP contribution in [0.1, 0.15) is 42.9 Å². The van der Waals surface area contributed by atoms with Crippen molar-refractivity contribution < 1.29 is 9.53 Å². The van der Waals surface area contributed by atoms with Gasteiger partial charge in [0.15, 0.2) is 11.5 Å². The fourth-order valence-electron chi connectivity index (χ4n) is 1.73. The monoisotopic (exact) mass is 293 g/mol. The van der Waals surface area contributed by atoms with Crippen molar-refractivity contribution in [3.63, 3.8) is 0 Å². The van der Waals surface area contributed by atoms with Crippen LogP contribution in [0.4, 0.5) is 0 Å². The highest BCUT2D eigenvalue weighted by Gasteiger charge is 2.20. The molecule has 0 aliphatic carbocycles. The third-order valence-corrected chi connectivity index (χ3v) is 3.04. The average molecular weight is 294 g/mol. The van der Waals surface area contributed by atoms with Gasteiger partial charge >= 0.3 is 5.97 Å². The van der Waals surface area contributed by atoms with Crippen LogP contribution < -0.4 is 0 Å². The Kier molecular flexibility index (Phi) is 4.39. The lowest BCUT2D eigenvalue weighted by molar-refractivity contribution is 0.0515. The van der Waals surface area contributed by atoms with Gasteiger partial charge in [0, 0.05) is 6.20 Å². The number of pyridine rings is 1. The molecule has 0 spiro atoms. The number of carbonyl (C=O) groups excluding carboxylic acids is 1. The standard InChI is InChI=1S/C14H16ClN3O2/c1-4-20-14(19)12-8-11(9(2)3)17-18(12)13-10(15)6-5-7-16-13/h5-9H,4H2,1-3H3. The number of hydrogen-bond acceptors (Lipinski definition) is 4. The second kappa shape index (κ2) is 6.05. The van der Waals surface area contributed by atoms with E-state index < -0.39 is 5.97 Å². The molecule has 0 unspecified atom stereocenters. The molecule has 6 heteroatoms. The van der Waals surface area contributed by atoms with E-state index in [9.17, 15) is 4.79 Å². The first-order valence-corrected chi connectivity index (χ1v) is 6.80. The van der Waals surface area contributed by atoms with Crippen molar-refractivity contribution in [3.05, 3.63) is 40.8 Å². The van der Waals surface area contributed by atoms with E-state index in [0.717, 1.165) is 5.69 Å². The van der Waals surface area contributed by atoms with Crippen molar-refractivity contribution in [2.24, 2.45) is 0 Å². The fourth-order valence-corrected chi connectivity index (χ4v) is 1.93. The van der Waals surface area contributed by atoms with Crippen molar-refractivity contribution in [1.29, 1.82) is 0 Å². The van der Waals surface area contributed by atoms with E-state index in [1.807, 2.05) is 13.8 Å². The molecule has 0 radical (unpaired) electrons. The molecule has 2 aromatic rings. The summed E-state index contributed by atoms with van der Waals surface area (Å²) in [5.74, 6) is 0.171. The minimum Gasteiger partial charge on any atom is -0.461 e. The predicted octanol–water partition coefficient (Wildman–Crippen LogP) is 3.22. The molecule has 0 aliphatic rings. The molecule has 0 amide bonds. The first kappa shape index (κ1) is 14.5. The van der Waals surface area contributed by atoms with Crippen molar-refractivity contribution in [1.82, 2.24) is 14.8 Å². The summed E-state index contributed by atoms with van der Waals surface area (Å²) in [4.78, 5) is 16.2. The number of aromatic nitrogens is 3. The second-order valence-electron chi connectivity index (χ2n) is 4.55. The number of rotatable bonds is 4. The zero-order chi connectivity index (χ0) is 14.7. The van der Waals surface area contributed by atoms with Gasteiger partial charge in [-0.25, -0.2) is 14.5 Å². The summed E-state index contributed by atoms with van der Waals surface area (Å²) in [5.41, 5.74) is 1.12. The van der Waals surface area contributed by atoms with Crippen LogP contribution >= 0.6 is 11.6 Å². The SMILES string of the molecule is CCOC(=O)c1cc(C(C)C)nn1-c1ncccc1Cl. The summed E-state index contributed by atoms with van der Waals surface area (Å²) in [7, 11) is 0. The number of esters is 1. The predicted molar refractivity (Wildman–Crippen MR) is 76.4 cm³/mol. The van der Waals surface area contributed by atoms with E-state index >= 15 is 0 Å². The molecule has 5 nitrogen and oxygen atoms in total. The lowest BCUT2D eigenvalue weighted by Crippen LogP contribution is -2.13. The highest BCUT2D eigenvalue weighted by atomic mass is 35.5. The largest absolute Gasteiger partial charge is 0.461 e. The van der Waals surface area contributed by atoms with Crippen LogP contribution in [0.5, 0.6) is 0 Å². The molecule has 2 aromatic heterocycles. The minimum absolute atomic E-state index is 0.187. The Hall–Kier alpha value is -1.88. The van der Waals surface area contributed by atoms with Gasteiger partial charge < -0.3 is 4.74 Å². The lowest BCUT2D eigenvalue weighted by atomic mass is 10.1. The summed E-state index contributed by atoms with van der Waals surface area (Å²) in [6.45, 7) is 6.07. The molecule has 0 N–H and O–H groups in total. The van der Waals surface area contributed by atoms with E-state index in [4.69, 9.17) is 16.3 Å². The molecular weight excluding hydrogens is 278 g/mol. The quantitative estimate of drug-likeness (QED) is 0.812. The fraction of sp³-hybridized carbons (Fsp3) is 0.357. The molecule has 0 aromatic carbocycles. The third kappa shape index (κ3) is 2.82. The molecule has 20 heavy (non-hydrogen) atoms. The maximum atomic E-state index is 12.0. The molecule has 106 valence electrons. The van der Waals surface area contributed by atoms with Crippen LogP contribution in [0.15, 0.2) is 24.4 Å². The van der Waals surface area contributed by atoms with Crippen LogP contribution in [-0.4, -0.2) is 27.3 Å². The van der Waals surface area contributed by atoms with Crippen molar-refractivity contribution >= 4 is 17.6 Å². The Bertz CT molecular complexity index is 623. The summed E-state index contributed by atoms with van der Waals surface area (Å²) >= 11 is 6.13. The maximum absolute atomic E-state index is 12.0. The van der Waals surface area contributed by atoms with Gasteiger partial charge in [-0.05, 0) is 31.0 Å². The van der Waals surface area contributed by atoms with Gasteiger partial charge in [-0.1, -0.05) is 25.4 Å². The Morgan fingerprint density at radius 3 is 2.85 bits per heavy atom. The molecule has 0 aliphatic heterocycles. The van der Waals surface area contributed by atoms with Crippen molar-refractivity contribution in [2.45, 2.75) is 26.7 Å². The van der Waals surface area contributed by atoms with Crippen LogP contribution in [-0.2, 0) is 4.74 Å². The van der Waals surface area contributed by atoms with E-state index in [-0.39, 0.29) is 5.92 Å². The Morgan fingerprint density at radius 1 is 1.50 bits per heavy atom. The summed E-state index contributed by atoms with van der Waals surface area (Å²) < 4.78 is 6.49. The number of carbonyl (C=O) groups is 1. The van der Waals surface area contributed by atoms with E-state index in [0.29, 0.717) is 23.1 Å². The average Bonchev–Trinajstić information content (AvgIpc) is 2.84. The summed E-state index contributed by atoms with van der Waals surface area (Å²) in [6.07, 6.45) is 1.60. The highest BCUT2D eigenvalue weighted by molar-refractivity contribution is 6.32. The minimum atomic E-state index is -0.436. The number of nitrogens with zero attached hydrogens (tertiary/aromatic N) is 3. The maximum Gasteiger partial charge on any atom is 0.357 e. The van der Waals surface area contributed by atoms with Gasteiger partial charge in [-0.2, -0.15) is 5.10 Å². The van der Waals surface area contributed by atoms with Crippen molar-refractivity contribution in [3.8, 4) is 5.82 Å². The topological polar surface area (TPSA) is 57.0 Å². The molecule has 0 bridgehead atoms. The van der Waals surface area contributed by atoms with Gasteiger partial charge in [-0.3, -0.25) is 0 Å². The highest BCUT2D eigenvalue weighted by Crippen LogP contribution is 2.22. The first-order valence-electron chi connectivity index (χ1n) is 6.42. The lowest BCUT2D eigenvalue weighted by Gasteiger charge is -2.07. The molecule has 2 heterocycles. The van der Waals surface area contributed by atoms with Gasteiger partial charge in [0.2, 0.25) is 0 Å². The van der Waals surface area contributed by atoms with Gasteiger partial charge in [0.05, 0.1) is 17.3 Å². The third-order valence-electron chi connectivity index (χ3n) is 2.74. The zero-order valence-electron chi connectivity index (χ0n) is 11.6. The molecule has 0 atom stereocenters. The summed E-state index contributed by atoms with van der Waals surface area (Å²) in [6, 6.07) is 5.14. The first-order chi connectivity index (χ1) is 9.54.